The van der Waals surface area contributed by atoms with Crippen molar-refractivity contribution < 1.29 is 9.53 Å². The van der Waals surface area contributed by atoms with Gasteiger partial charge < -0.3 is 15.8 Å². The molecule has 2 aromatic rings. The van der Waals surface area contributed by atoms with Crippen molar-refractivity contribution in [3.8, 4) is 5.88 Å². The number of nitrogens with zero attached hydrogens (tertiary/aromatic N) is 3. The Bertz CT molecular complexity index is 816. The van der Waals surface area contributed by atoms with E-state index in [1.807, 2.05) is 14.0 Å². The van der Waals surface area contributed by atoms with Gasteiger partial charge in [0.05, 0.1) is 12.5 Å². The van der Waals surface area contributed by atoms with E-state index in [4.69, 9.17) is 10.5 Å². The number of hydrogen-bond acceptors (Lipinski definition) is 5. The number of nitrogens with two attached hydrogens (primary N) is 1. The molecule has 3 rings (SSSR count). The van der Waals surface area contributed by atoms with Crippen molar-refractivity contribution in [2.75, 3.05) is 7.11 Å². The first kappa shape index (κ1) is 24.5. The average molecular weight is 432 g/mol. The SMILES string of the molecule is COc1nn(C)c2nc(C)c(CCC(=O)NC3CCC(N)CC3)c(C)c12.Cl.Cl. The highest BCUT2D eigenvalue weighted by atomic mass is 35.5. The number of aryl methyl sites for hydroxylation is 3. The number of carbonyl (C=O) groups is 1. The molecule has 0 spiro atoms. The molecule has 0 aromatic carbocycles. The zero-order chi connectivity index (χ0) is 18.8. The van der Waals surface area contributed by atoms with Crippen LogP contribution in [0, 0.1) is 13.8 Å². The Balaban J connectivity index is 0.00000196. The highest BCUT2D eigenvalue weighted by Gasteiger charge is 2.21. The third-order valence-electron chi connectivity index (χ3n) is 5.46. The Morgan fingerprint density at radius 2 is 1.89 bits per heavy atom. The van der Waals surface area contributed by atoms with E-state index >= 15 is 0 Å². The Labute approximate surface area is 178 Å². The van der Waals surface area contributed by atoms with Crippen LogP contribution in [-0.2, 0) is 18.3 Å². The maximum Gasteiger partial charge on any atom is 0.242 e. The number of amides is 1. The van der Waals surface area contributed by atoms with Crippen LogP contribution in [0.4, 0.5) is 0 Å². The minimum absolute atomic E-state index is 0. The normalized spacial score (nSPS) is 18.9. The van der Waals surface area contributed by atoms with Crippen LogP contribution in [-0.4, -0.2) is 39.9 Å². The summed E-state index contributed by atoms with van der Waals surface area (Å²) in [7, 11) is 3.48. The lowest BCUT2D eigenvalue weighted by molar-refractivity contribution is -0.122. The summed E-state index contributed by atoms with van der Waals surface area (Å²) in [6.07, 6.45) is 5.06. The number of hydrogen-bond donors (Lipinski definition) is 2. The van der Waals surface area contributed by atoms with Gasteiger partial charge in [0.1, 0.15) is 0 Å². The zero-order valence-corrected chi connectivity index (χ0v) is 18.6. The molecule has 7 nitrogen and oxygen atoms in total. The predicted molar refractivity (Wildman–Crippen MR) is 116 cm³/mol. The molecule has 0 saturated heterocycles. The number of aromatic nitrogens is 3. The summed E-state index contributed by atoms with van der Waals surface area (Å²) >= 11 is 0. The molecule has 0 bridgehead atoms. The van der Waals surface area contributed by atoms with Crippen LogP contribution >= 0.6 is 24.8 Å². The van der Waals surface area contributed by atoms with Gasteiger partial charge in [0.15, 0.2) is 5.65 Å². The maximum atomic E-state index is 12.4. The van der Waals surface area contributed by atoms with Gasteiger partial charge in [-0.2, -0.15) is 0 Å². The lowest BCUT2D eigenvalue weighted by Crippen LogP contribution is -2.40. The summed E-state index contributed by atoms with van der Waals surface area (Å²) in [6.45, 7) is 4.04. The molecular weight excluding hydrogens is 401 g/mol. The van der Waals surface area contributed by atoms with Crippen molar-refractivity contribution in [1.29, 1.82) is 0 Å². The summed E-state index contributed by atoms with van der Waals surface area (Å²) in [5.41, 5.74) is 9.87. The smallest absolute Gasteiger partial charge is 0.242 e. The molecule has 0 unspecified atom stereocenters. The van der Waals surface area contributed by atoms with Gasteiger partial charge in [0, 0.05) is 31.2 Å². The van der Waals surface area contributed by atoms with E-state index < -0.39 is 0 Å². The number of fused-ring (bicyclic) bond motifs is 1. The van der Waals surface area contributed by atoms with Crippen molar-refractivity contribution >= 4 is 41.8 Å². The zero-order valence-electron chi connectivity index (χ0n) is 16.9. The fraction of sp³-hybridized carbons (Fsp3) is 0.632. The molecule has 1 saturated carbocycles. The number of methoxy groups -OCH3 is 1. The molecule has 2 heterocycles. The van der Waals surface area contributed by atoms with Crippen molar-refractivity contribution in [2.24, 2.45) is 12.8 Å². The molecule has 0 aliphatic heterocycles. The Hall–Kier alpha value is -1.57. The van der Waals surface area contributed by atoms with Crippen LogP contribution in [0.25, 0.3) is 11.0 Å². The van der Waals surface area contributed by atoms with Gasteiger partial charge in [-0.05, 0) is 57.1 Å². The third kappa shape index (κ3) is 5.07. The third-order valence-corrected chi connectivity index (χ3v) is 5.46. The summed E-state index contributed by atoms with van der Waals surface area (Å²) < 4.78 is 7.13. The quantitative estimate of drug-likeness (QED) is 0.758. The van der Waals surface area contributed by atoms with E-state index in [1.54, 1.807) is 11.8 Å². The maximum absolute atomic E-state index is 12.4. The van der Waals surface area contributed by atoms with E-state index in [-0.39, 0.29) is 36.8 Å². The monoisotopic (exact) mass is 431 g/mol. The molecule has 1 aliphatic rings. The average Bonchev–Trinajstić information content (AvgIpc) is 2.93. The van der Waals surface area contributed by atoms with Crippen molar-refractivity contribution in [3.63, 3.8) is 0 Å². The lowest BCUT2D eigenvalue weighted by Gasteiger charge is -2.26. The molecule has 1 amide bonds. The summed E-state index contributed by atoms with van der Waals surface area (Å²) in [5, 5.41) is 8.46. The van der Waals surface area contributed by atoms with Gasteiger partial charge in [0.25, 0.3) is 0 Å². The number of rotatable bonds is 5. The van der Waals surface area contributed by atoms with Crippen molar-refractivity contribution in [3.05, 3.63) is 16.8 Å². The molecule has 2 aromatic heterocycles. The minimum atomic E-state index is 0. The van der Waals surface area contributed by atoms with Crippen LogP contribution in [0.3, 0.4) is 0 Å². The fourth-order valence-corrected chi connectivity index (χ4v) is 3.91. The van der Waals surface area contributed by atoms with Crippen LogP contribution in [0.5, 0.6) is 5.88 Å². The molecule has 28 heavy (non-hydrogen) atoms. The number of carbonyl (C=O) groups excluding carboxylic acids is 1. The second-order valence-corrected chi connectivity index (χ2v) is 7.31. The summed E-state index contributed by atoms with van der Waals surface area (Å²) in [6, 6.07) is 0.559. The van der Waals surface area contributed by atoms with Crippen molar-refractivity contribution in [1.82, 2.24) is 20.1 Å². The van der Waals surface area contributed by atoms with Gasteiger partial charge in [-0.15, -0.1) is 29.9 Å². The van der Waals surface area contributed by atoms with Gasteiger partial charge in [-0.3, -0.25) is 4.79 Å². The number of halogens is 2. The Kier molecular flexibility index (Phi) is 8.98. The first-order valence-corrected chi connectivity index (χ1v) is 9.32. The Morgan fingerprint density at radius 3 is 2.50 bits per heavy atom. The largest absolute Gasteiger partial charge is 0.479 e. The molecule has 3 N–H and O–H groups in total. The van der Waals surface area contributed by atoms with E-state index in [0.717, 1.165) is 53.5 Å². The van der Waals surface area contributed by atoms with Crippen LogP contribution < -0.4 is 15.8 Å². The van der Waals surface area contributed by atoms with E-state index in [2.05, 4.69) is 22.3 Å². The van der Waals surface area contributed by atoms with Gasteiger partial charge in [-0.1, -0.05) is 0 Å². The van der Waals surface area contributed by atoms with Crippen LogP contribution in [0.15, 0.2) is 0 Å². The summed E-state index contributed by atoms with van der Waals surface area (Å²) in [4.78, 5) is 17.1. The second-order valence-electron chi connectivity index (χ2n) is 7.31. The second kappa shape index (κ2) is 10.3. The molecule has 158 valence electrons. The van der Waals surface area contributed by atoms with Gasteiger partial charge in [0.2, 0.25) is 11.8 Å². The molecule has 9 heteroatoms. The molecule has 1 aliphatic carbocycles. The number of ether oxygens (including phenoxy) is 1. The Morgan fingerprint density at radius 1 is 1.25 bits per heavy atom. The highest BCUT2D eigenvalue weighted by molar-refractivity contribution is 5.86. The van der Waals surface area contributed by atoms with E-state index in [1.165, 1.54) is 0 Å². The number of nitrogens with one attached hydrogen (secondary N) is 1. The fourth-order valence-electron chi connectivity index (χ4n) is 3.91. The van der Waals surface area contributed by atoms with Gasteiger partial charge in [-0.25, -0.2) is 9.67 Å². The van der Waals surface area contributed by atoms with Crippen molar-refractivity contribution in [2.45, 2.75) is 64.5 Å². The first-order chi connectivity index (χ1) is 12.4. The van der Waals surface area contributed by atoms with E-state index in [0.29, 0.717) is 24.8 Å². The van der Waals surface area contributed by atoms with E-state index in [9.17, 15) is 4.79 Å². The standard InChI is InChI=1S/C19H29N5O2.2ClH/c1-11-15(9-10-16(25)22-14-7-5-13(20)6-8-14)12(2)21-18-17(11)19(26-4)23-24(18)3;;/h13-14H,5-10,20H2,1-4H3,(H,22,25);2*1H. The number of pyridine rings is 1. The highest BCUT2D eigenvalue weighted by Crippen LogP contribution is 2.30. The summed E-state index contributed by atoms with van der Waals surface area (Å²) in [5.74, 6) is 0.680. The molecule has 0 radical (unpaired) electrons. The topological polar surface area (TPSA) is 95.1 Å². The molecule has 0 atom stereocenters. The molecular formula is C19H31Cl2N5O2. The lowest BCUT2D eigenvalue weighted by atomic mass is 9.91. The first-order valence-electron chi connectivity index (χ1n) is 9.32. The predicted octanol–water partition coefficient (Wildman–Crippen LogP) is 2.76. The van der Waals surface area contributed by atoms with Crippen LogP contribution in [0.1, 0.15) is 48.9 Å². The van der Waals surface area contributed by atoms with Gasteiger partial charge >= 0.3 is 0 Å². The molecule has 1 fully saturated rings. The van der Waals surface area contributed by atoms with Crippen LogP contribution in [0.2, 0.25) is 0 Å². The minimum Gasteiger partial charge on any atom is -0.479 e.